The third-order valence-corrected chi connectivity index (χ3v) is 2.84. The van der Waals surface area contributed by atoms with Crippen LogP contribution < -0.4 is 0 Å². The lowest BCUT2D eigenvalue weighted by Gasteiger charge is -2.06. The fourth-order valence-corrected chi connectivity index (χ4v) is 1.92. The van der Waals surface area contributed by atoms with Gasteiger partial charge in [0.2, 0.25) is 0 Å². The van der Waals surface area contributed by atoms with Gasteiger partial charge in [0, 0.05) is 4.91 Å². The van der Waals surface area contributed by atoms with E-state index in [2.05, 4.69) is 15.0 Å². The molecule has 2 rings (SSSR count). The molecule has 1 N–H and O–H groups in total. The Balaban J connectivity index is 2.32. The second kappa shape index (κ2) is 6.51. The molecular weight excluding hydrogens is 276 g/mol. The van der Waals surface area contributed by atoms with Crippen molar-refractivity contribution >= 4 is 5.82 Å². The van der Waals surface area contributed by atoms with E-state index in [0.29, 0.717) is 0 Å². The van der Waals surface area contributed by atoms with Crippen LogP contribution in [0.1, 0.15) is 17.4 Å². The second-order valence-electron chi connectivity index (χ2n) is 4.25. The van der Waals surface area contributed by atoms with Gasteiger partial charge in [-0.15, -0.1) is 0 Å². The molecule has 1 atom stereocenters. The number of hydrogen-bond acceptors (Lipinski definition) is 5. The van der Waals surface area contributed by atoms with E-state index < -0.39 is 11.0 Å². The van der Waals surface area contributed by atoms with Crippen LogP contribution in [0.5, 0.6) is 0 Å². The van der Waals surface area contributed by atoms with E-state index in [0.717, 1.165) is 5.56 Å². The minimum atomic E-state index is -1.31. The number of nitrogens with zero attached hydrogens (tertiary/aromatic N) is 6. The van der Waals surface area contributed by atoms with Crippen LogP contribution in [0.3, 0.4) is 0 Å². The summed E-state index contributed by atoms with van der Waals surface area (Å²) in [6, 6.07) is 9.17. The Bertz CT molecular complexity index is 678. The molecule has 0 aliphatic rings. The first-order valence-electron chi connectivity index (χ1n) is 6.05. The molecule has 0 aliphatic carbocycles. The SMILES string of the molecule is [N-]=[N+]=NCC(O)c1ncn(Cc2ccccc2)c1[N+](=O)[O-]. The molecule has 2 aromatic rings. The summed E-state index contributed by atoms with van der Waals surface area (Å²) in [6.45, 7) is -0.0436. The van der Waals surface area contributed by atoms with E-state index in [9.17, 15) is 15.2 Å². The molecule has 1 unspecified atom stereocenters. The Morgan fingerprint density at radius 2 is 2.19 bits per heavy atom. The number of aliphatic hydroxyl groups is 1. The van der Waals surface area contributed by atoms with E-state index >= 15 is 0 Å². The normalized spacial score (nSPS) is 11.7. The summed E-state index contributed by atoms with van der Waals surface area (Å²) in [5, 5.41) is 24.2. The molecule has 0 radical (unpaired) electrons. The third-order valence-electron chi connectivity index (χ3n) is 2.84. The minimum Gasteiger partial charge on any atom is -0.386 e. The third kappa shape index (κ3) is 3.35. The van der Waals surface area contributed by atoms with Crippen LogP contribution in [-0.4, -0.2) is 26.1 Å². The zero-order valence-corrected chi connectivity index (χ0v) is 10.9. The number of benzene rings is 1. The Kier molecular flexibility index (Phi) is 4.50. The van der Waals surface area contributed by atoms with Gasteiger partial charge in [0.1, 0.15) is 12.6 Å². The van der Waals surface area contributed by atoms with Crippen LogP contribution in [0, 0.1) is 10.1 Å². The summed E-state index contributed by atoms with van der Waals surface area (Å²) < 4.78 is 1.34. The molecule has 9 heteroatoms. The Labute approximate surface area is 119 Å². The molecule has 0 amide bonds. The molecule has 1 aromatic heterocycles. The number of azide groups is 1. The van der Waals surface area contributed by atoms with Crippen LogP contribution in [-0.2, 0) is 6.54 Å². The monoisotopic (exact) mass is 288 g/mol. The smallest absolute Gasteiger partial charge is 0.348 e. The molecule has 1 aromatic carbocycles. The molecule has 0 fully saturated rings. The van der Waals surface area contributed by atoms with Gasteiger partial charge in [-0.05, 0) is 16.0 Å². The predicted molar refractivity (Wildman–Crippen MR) is 73.4 cm³/mol. The van der Waals surface area contributed by atoms with E-state index in [1.165, 1.54) is 10.9 Å². The van der Waals surface area contributed by atoms with Gasteiger partial charge in [0.15, 0.2) is 12.0 Å². The highest BCUT2D eigenvalue weighted by atomic mass is 16.6. The number of rotatable bonds is 6. The lowest BCUT2D eigenvalue weighted by Crippen LogP contribution is -2.08. The molecular formula is C12H12N6O3. The van der Waals surface area contributed by atoms with Crippen LogP contribution >= 0.6 is 0 Å². The zero-order valence-electron chi connectivity index (χ0n) is 10.9. The first kappa shape index (κ1) is 14.5. The Morgan fingerprint density at radius 1 is 1.48 bits per heavy atom. The van der Waals surface area contributed by atoms with Gasteiger partial charge in [0.25, 0.3) is 0 Å². The zero-order chi connectivity index (χ0) is 15.2. The molecule has 0 saturated carbocycles. The molecule has 1 heterocycles. The predicted octanol–water partition coefficient (Wildman–Crippen LogP) is 2.18. The van der Waals surface area contributed by atoms with Crippen LogP contribution in [0.25, 0.3) is 10.4 Å². The lowest BCUT2D eigenvalue weighted by atomic mass is 10.2. The van der Waals surface area contributed by atoms with Crippen LogP contribution in [0.15, 0.2) is 41.8 Å². The van der Waals surface area contributed by atoms with E-state index in [1.807, 2.05) is 30.3 Å². The quantitative estimate of drug-likeness (QED) is 0.287. The number of aromatic nitrogens is 2. The van der Waals surface area contributed by atoms with Crippen molar-refractivity contribution in [2.75, 3.05) is 6.54 Å². The maximum absolute atomic E-state index is 11.2. The van der Waals surface area contributed by atoms with Crippen LogP contribution in [0.2, 0.25) is 0 Å². The van der Waals surface area contributed by atoms with Gasteiger partial charge >= 0.3 is 5.82 Å². The van der Waals surface area contributed by atoms with E-state index in [-0.39, 0.29) is 24.6 Å². The van der Waals surface area contributed by atoms with E-state index in [1.54, 1.807) is 0 Å². The molecule has 0 spiro atoms. The average molecular weight is 288 g/mol. The lowest BCUT2D eigenvalue weighted by molar-refractivity contribution is -0.393. The summed E-state index contributed by atoms with van der Waals surface area (Å²) in [5.74, 6) is -0.306. The Hall–Kier alpha value is -2.90. The molecule has 9 nitrogen and oxygen atoms in total. The summed E-state index contributed by atoms with van der Waals surface area (Å²) in [7, 11) is 0. The van der Waals surface area contributed by atoms with Crippen molar-refractivity contribution in [3.05, 3.63) is 68.5 Å². The highest BCUT2D eigenvalue weighted by molar-refractivity contribution is 5.31. The van der Waals surface area contributed by atoms with Gasteiger partial charge in [-0.1, -0.05) is 35.4 Å². The van der Waals surface area contributed by atoms with E-state index in [4.69, 9.17) is 5.53 Å². The maximum Gasteiger partial charge on any atom is 0.348 e. The molecule has 0 bridgehead atoms. The van der Waals surface area contributed by atoms with Gasteiger partial charge in [-0.25, -0.2) is 9.55 Å². The highest BCUT2D eigenvalue weighted by Crippen LogP contribution is 2.25. The summed E-state index contributed by atoms with van der Waals surface area (Å²) >= 11 is 0. The van der Waals surface area contributed by atoms with Crippen molar-refractivity contribution in [1.29, 1.82) is 0 Å². The first-order valence-corrected chi connectivity index (χ1v) is 6.05. The standard InChI is InChI=1S/C12H12N6O3/c13-16-15-6-10(19)11-12(18(20)21)17(8-14-11)7-9-4-2-1-3-5-9/h1-5,8,10,19H,6-7H2. The van der Waals surface area contributed by atoms with Gasteiger partial charge in [0.05, 0.1) is 6.54 Å². The van der Waals surface area contributed by atoms with Crippen LogP contribution in [0.4, 0.5) is 5.82 Å². The molecule has 108 valence electrons. The maximum atomic E-state index is 11.2. The van der Waals surface area contributed by atoms with Crippen molar-refractivity contribution in [2.24, 2.45) is 5.11 Å². The first-order chi connectivity index (χ1) is 10.1. The topological polar surface area (TPSA) is 130 Å². The fraction of sp³-hybridized carbons (Fsp3) is 0.250. The summed E-state index contributed by atoms with van der Waals surface area (Å²) in [6.07, 6.45) is -0.0157. The van der Waals surface area contributed by atoms with Gasteiger partial charge in [-0.3, -0.25) is 0 Å². The largest absolute Gasteiger partial charge is 0.386 e. The molecule has 0 saturated heterocycles. The van der Waals surface area contributed by atoms with Gasteiger partial charge in [-0.2, -0.15) is 0 Å². The molecule has 0 aliphatic heterocycles. The van der Waals surface area contributed by atoms with Crippen molar-refractivity contribution in [1.82, 2.24) is 9.55 Å². The number of hydrogen-bond donors (Lipinski definition) is 1. The van der Waals surface area contributed by atoms with Crippen molar-refractivity contribution in [3.8, 4) is 0 Å². The fourth-order valence-electron chi connectivity index (χ4n) is 1.92. The highest BCUT2D eigenvalue weighted by Gasteiger charge is 2.26. The summed E-state index contributed by atoms with van der Waals surface area (Å²) in [5.41, 5.74) is 8.99. The van der Waals surface area contributed by atoms with Crippen molar-refractivity contribution < 1.29 is 10.0 Å². The average Bonchev–Trinajstić information content (AvgIpc) is 2.89. The van der Waals surface area contributed by atoms with Crippen molar-refractivity contribution in [3.63, 3.8) is 0 Å². The van der Waals surface area contributed by atoms with Crippen molar-refractivity contribution in [2.45, 2.75) is 12.6 Å². The molecule has 21 heavy (non-hydrogen) atoms. The Morgan fingerprint density at radius 3 is 2.81 bits per heavy atom. The second-order valence-corrected chi connectivity index (χ2v) is 4.25. The number of aliphatic hydroxyl groups excluding tert-OH is 1. The number of nitro groups is 1. The summed E-state index contributed by atoms with van der Waals surface area (Å²) in [4.78, 5) is 17.0. The van der Waals surface area contributed by atoms with Gasteiger partial charge < -0.3 is 15.2 Å². The minimum absolute atomic E-state index is 0.108. The number of imidazole rings is 1.